The van der Waals surface area contributed by atoms with Crippen molar-refractivity contribution in [1.29, 1.82) is 0 Å². The fraction of sp³-hybridized carbons (Fsp3) is 0.269. The lowest BCUT2D eigenvalue weighted by molar-refractivity contribution is -0.113. The van der Waals surface area contributed by atoms with Crippen LogP contribution in [-0.2, 0) is 23.9 Å². The van der Waals surface area contributed by atoms with Crippen LogP contribution in [0.3, 0.4) is 0 Å². The SMILES string of the molecule is Cn1c(COc2ccc(C(C)(C)C)cc2)nnc1SCC(=O)Nc1cccc2ccccc12. The standard InChI is InChI=1S/C26H28N4O2S/c1-26(2,3)19-12-14-20(15-13-19)32-16-23-28-29-25(30(23)4)33-17-24(31)27-22-11-7-9-18-8-5-6-10-21(18)22/h5-15H,16-17H2,1-4H3,(H,27,31). The number of nitrogens with zero attached hydrogens (tertiary/aromatic N) is 3. The normalized spacial score (nSPS) is 11.5. The van der Waals surface area contributed by atoms with Gasteiger partial charge in [0.05, 0.1) is 5.75 Å². The van der Waals surface area contributed by atoms with Gasteiger partial charge >= 0.3 is 0 Å². The van der Waals surface area contributed by atoms with Gasteiger partial charge in [0, 0.05) is 18.1 Å². The molecule has 0 atom stereocenters. The third-order valence-corrected chi connectivity index (χ3v) is 6.43. The van der Waals surface area contributed by atoms with Crippen molar-refractivity contribution in [3.8, 4) is 5.75 Å². The van der Waals surface area contributed by atoms with E-state index in [2.05, 4.69) is 48.4 Å². The first-order valence-corrected chi connectivity index (χ1v) is 11.8. The first-order valence-electron chi connectivity index (χ1n) is 10.8. The lowest BCUT2D eigenvalue weighted by atomic mass is 9.87. The highest BCUT2D eigenvalue weighted by Crippen LogP contribution is 2.26. The Morgan fingerprint density at radius 1 is 1.00 bits per heavy atom. The number of benzene rings is 3. The molecule has 4 rings (SSSR count). The average Bonchev–Trinajstić information content (AvgIpc) is 3.15. The molecule has 0 saturated carbocycles. The van der Waals surface area contributed by atoms with Gasteiger partial charge in [-0.1, -0.05) is 81.1 Å². The number of aromatic nitrogens is 3. The van der Waals surface area contributed by atoms with Crippen molar-refractivity contribution in [2.75, 3.05) is 11.1 Å². The quantitative estimate of drug-likeness (QED) is 0.365. The van der Waals surface area contributed by atoms with Crippen molar-refractivity contribution < 1.29 is 9.53 Å². The maximum atomic E-state index is 12.5. The summed E-state index contributed by atoms with van der Waals surface area (Å²) in [5, 5.41) is 14.2. The molecular weight excluding hydrogens is 432 g/mol. The Bertz CT molecular complexity index is 1250. The summed E-state index contributed by atoms with van der Waals surface area (Å²) in [5.74, 6) is 1.64. The number of hydrogen-bond acceptors (Lipinski definition) is 5. The van der Waals surface area contributed by atoms with Crippen LogP contribution in [-0.4, -0.2) is 26.4 Å². The van der Waals surface area contributed by atoms with Gasteiger partial charge in [0.15, 0.2) is 11.0 Å². The van der Waals surface area contributed by atoms with Crippen molar-refractivity contribution in [2.45, 2.75) is 37.9 Å². The third-order valence-electron chi connectivity index (χ3n) is 5.41. The molecule has 3 aromatic carbocycles. The van der Waals surface area contributed by atoms with Gasteiger partial charge < -0.3 is 14.6 Å². The molecule has 1 aromatic heterocycles. The van der Waals surface area contributed by atoms with Crippen molar-refractivity contribution in [1.82, 2.24) is 14.8 Å². The van der Waals surface area contributed by atoms with Crippen molar-refractivity contribution >= 4 is 34.1 Å². The lowest BCUT2D eigenvalue weighted by Gasteiger charge is -2.19. The zero-order valence-corrected chi connectivity index (χ0v) is 20.1. The molecular formula is C26H28N4O2S. The molecule has 170 valence electrons. The maximum absolute atomic E-state index is 12.5. The van der Waals surface area contributed by atoms with Gasteiger partial charge in [-0.25, -0.2) is 0 Å². The van der Waals surface area contributed by atoms with E-state index in [1.165, 1.54) is 17.3 Å². The number of hydrogen-bond donors (Lipinski definition) is 1. The van der Waals surface area contributed by atoms with Crippen LogP contribution in [0.4, 0.5) is 5.69 Å². The minimum atomic E-state index is -0.0870. The Labute approximate surface area is 198 Å². The van der Waals surface area contributed by atoms with Crippen molar-refractivity contribution in [2.24, 2.45) is 7.05 Å². The molecule has 0 radical (unpaired) electrons. The second-order valence-corrected chi connectivity index (χ2v) is 9.83. The van der Waals surface area contributed by atoms with Gasteiger partial charge in [-0.05, 0) is 34.6 Å². The summed E-state index contributed by atoms with van der Waals surface area (Å²) >= 11 is 1.35. The number of rotatable bonds is 7. The lowest BCUT2D eigenvalue weighted by Crippen LogP contribution is -2.14. The Hall–Kier alpha value is -3.32. The number of fused-ring (bicyclic) bond motifs is 1. The Morgan fingerprint density at radius 2 is 1.73 bits per heavy atom. The highest BCUT2D eigenvalue weighted by Gasteiger charge is 2.15. The van der Waals surface area contributed by atoms with Crippen LogP contribution in [0.2, 0.25) is 0 Å². The van der Waals surface area contributed by atoms with Gasteiger partial charge in [-0.15, -0.1) is 10.2 Å². The van der Waals surface area contributed by atoms with E-state index < -0.39 is 0 Å². The highest BCUT2D eigenvalue weighted by molar-refractivity contribution is 7.99. The van der Waals surface area contributed by atoms with E-state index in [1.54, 1.807) is 0 Å². The minimum Gasteiger partial charge on any atom is -0.486 e. The van der Waals surface area contributed by atoms with E-state index in [9.17, 15) is 4.79 Å². The molecule has 33 heavy (non-hydrogen) atoms. The summed E-state index contributed by atoms with van der Waals surface area (Å²) in [7, 11) is 1.88. The van der Waals surface area contributed by atoms with E-state index in [0.717, 1.165) is 22.2 Å². The number of carbonyl (C=O) groups excluding carboxylic acids is 1. The van der Waals surface area contributed by atoms with Crippen LogP contribution in [0.15, 0.2) is 71.9 Å². The maximum Gasteiger partial charge on any atom is 0.234 e. The molecule has 1 amide bonds. The topological polar surface area (TPSA) is 69.0 Å². The molecule has 6 nitrogen and oxygen atoms in total. The Balaban J connectivity index is 1.33. The van der Waals surface area contributed by atoms with Gasteiger partial charge in [0.2, 0.25) is 5.91 Å². The number of carbonyl (C=O) groups is 1. The molecule has 0 fully saturated rings. The zero-order valence-electron chi connectivity index (χ0n) is 19.3. The predicted octanol–water partition coefficient (Wildman–Crippen LogP) is 5.58. The molecule has 0 unspecified atom stereocenters. The smallest absolute Gasteiger partial charge is 0.234 e. The van der Waals surface area contributed by atoms with Gasteiger partial charge in [0.25, 0.3) is 0 Å². The van der Waals surface area contributed by atoms with Crippen LogP contribution < -0.4 is 10.1 Å². The van der Waals surface area contributed by atoms with Gasteiger partial charge in [-0.2, -0.15) is 0 Å². The molecule has 0 aliphatic heterocycles. The predicted molar refractivity (Wildman–Crippen MR) is 134 cm³/mol. The fourth-order valence-electron chi connectivity index (χ4n) is 3.45. The van der Waals surface area contributed by atoms with E-state index >= 15 is 0 Å². The van der Waals surface area contributed by atoms with Crippen LogP contribution in [0.25, 0.3) is 10.8 Å². The van der Waals surface area contributed by atoms with Crippen molar-refractivity contribution in [3.63, 3.8) is 0 Å². The Morgan fingerprint density at radius 3 is 2.48 bits per heavy atom. The first kappa shape index (κ1) is 22.9. The molecule has 7 heteroatoms. The largest absolute Gasteiger partial charge is 0.486 e. The molecule has 1 heterocycles. The zero-order chi connectivity index (χ0) is 23.4. The molecule has 0 aliphatic carbocycles. The van der Waals surface area contributed by atoms with E-state index in [1.807, 2.05) is 66.2 Å². The summed E-state index contributed by atoms with van der Waals surface area (Å²) in [4.78, 5) is 12.5. The summed E-state index contributed by atoms with van der Waals surface area (Å²) < 4.78 is 7.75. The van der Waals surface area contributed by atoms with Crippen molar-refractivity contribution in [3.05, 3.63) is 78.1 Å². The third kappa shape index (κ3) is 5.54. The van der Waals surface area contributed by atoms with Crippen LogP contribution in [0, 0.1) is 0 Å². The number of ether oxygens (including phenoxy) is 1. The summed E-state index contributed by atoms with van der Waals surface area (Å²) in [6, 6.07) is 22.0. The minimum absolute atomic E-state index is 0.0870. The van der Waals surface area contributed by atoms with E-state index in [0.29, 0.717) is 17.6 Å². The second-order valence-electron chi connectivity index (χ2n) is 8.88. The highest BCUT2D eigenvalue weighted by atomic mass is 32.2. The van der Waals surface area contributed by atoms with Crippen LogP contribution >= 0.6 is 11.8 Å². The molecule has 0 spiro atoms. The molecule has 0 bridgehead atoms. The monoisotopic (exact) mass is 460 g/mol. The molecule has 0 saturated heterocycles. The summed E-state index contributed by atoms with van der Waals surface area (Å²) in [5.41, 5.74) is 2.17. The van der Waals surface area contributed by atoms with Crippen LogP contribution in [0.5, 0.6) is 5.75 Å². The molecule has 1 N–H and O–H groups in total. The number of nitrogens with one attached hydrogen (secondary N) is 1. The Kier molecular flexibility index (Phi) is 6.70. The molecule has 0 aliphatic rings. The summed E-state index contributed by atoms with van der Waals surface area (Å²) in [6.45, 7) is 6.86. The average molecular weight is 461 g/mol. The van der Waals surface area contributed by atoms with E-state index in [-0.39, 0.29) is 17.1 Å². The first-order chi connectivity index (χ1) is 15.8. The van der Waals surface area contributed by atoms with Crippen LogP contribution in [0.1, 0.15) is 32.2 Å². The molecule has 4 aromatic rings. The number of anilines is 1. The fourth-order valence-corrected chi connectivity index (χ4v) is 4.18. The summed E-state index contributed by atoms with van der Waals surface area (Å²) in [6.07, 6.45) is 0. The van der Waals surface area contributed by atoms with E-state index in [4.69, 9.17) is 4.74 Å². The number of amides is 1. The second kappa shape index (κ2) is 9.67. The number of thioether (sulfide) groups is 1. The van der Waals surface area contributed by atoms with Gasteiger partial charge in [-0.3, -0.25) is 4.79 Å². The van der Waals surface area contributed by atoms with Gasteiger partial charge in [0.1, 0.15) is 12.4 Å².